The van der Waals surface area contributed by atoms with Gasteiger partial charge < -0.3 is 24.5 Å². The van der Waals surface area contributed by atoms with Crippen molar-refractivity contribution in [3.8, 4) is 11.5 Å². The van der Waals surface area contributed by atoms with Gasteiger partial charge in [-0.25, -0.2) is 0 Å². The first-order valence-corrected chi connectivity index (χ1v) is 7.49. The van der Waals surface area contributed by atoms with E-state index in [0.717, 1.165) is 17.2 Å². The third kappa shape index (κ3) is 3.22. The summed E-state index contributed by atoms with van der Waals surface area (Å²) in [6.07, 6.45) is 3.17. The summed E-state index contributed by atoms with van der Waals surface area (Å²) in [5.41, 5.74) is 0.830. The number of ether oxygens (including phenoxy) is 2. The number of furan rings is 1. The average Bonchev–Trinajstić information content (AvgIpc) is 3.14. The molecule has 0 bridgehead atoms. The number of nitrogens with zero attached hydrogens (tertiary/aromatic N) is 3. The molecule has 0 amide bonds. The lowest BCUT2D eigenvalue weighted by Crippen LogP contribution is -2.15. The van der Waals surface area contributed by atoms with Crippen molar-refractivity contribution in [3.05, 3.63) is 48.6 Å². The number of aromatic nitrogens is 3. The number of anilines is 3. The molecule has 24 heavy (non-hydrogen) atoms. The van der Waals surface area contributed by atoms with Crippen molar-refractivity contribution in [3.63, 3.8) is 0 Å². The van der Waals surface area contributed by atoms with Crippen molar-refractivity contribution < 1.29 is 13.9 Å². The van der Waals surface area contributed by atoms with Crippen molar-refractivity contribution in [2.45, 2.75) is 6.54 Å². The van der Waals surface area contributed by atoms with Crippen molar-refractivity contribution in [1.29, 1.82) is 0 Å². The van der Waals surface area contributed by atoms with Crippen LogP contribution in [0.25, 0.3) is 0 Å². The molecule has 0 atom stereocenters. The standard InChI is InChI=1S/C16H15N5O3/c1-2-12(22-5-1)9-17-16-20-15(10-18-21-16)19-11-3-4-13-14(8-11)24-7-6-23-13/h1-5,8,10H,6-7,9H2,(H2,17,19,20,21). The van der Waals surface area contributed by atoms with Gasteiger partial charge in [-0.05, 0) is 24.3 Å². The van der Waals surface area contributed by atoms with Crippen LogP contribution < -0.4 is 20.1 Å². The van der Waals surface area contributed by atoms with Crippen LogP contribution in [0.5, 0.6) is 11.5 Å². The highest BCUT2D eigenvalue weighted by Crippen LogP contribution is 2.33. The summed E-state index contributed by atoms with van der Waals surface area (Å²) in [5, 5.41) is 14.1. The van der Waals surface area contributed by atoms with Gasteiger partial charge in [0.15, 0.2) is 17.3 Å². The minimum Gasteiger partial charge on any atom is -0.486 e. The fourth-order valence-electron chi connectivity index (χ4n) is 2.29. The summed E-state index contributed by atoms with van der Waals surface area (Å²) < 4.78 is 16.3. The number of fused-ring (bicyclic) bond motifs is 1. The zero-order chi connectivity index (χ0) is 16.2. The van der Waals surface area contributed by atoms with Gasteiger partial charge in [-0.2, -0.15) is 10.1 Å². The first-order chi connectivity index (χ1) is 11.9. The molecule has 8 nitrogen and oxygen atoms in total. The largest absolute Gasteiger partial charge is 0.486 e. The van der Waals surface area contributed by atoms with Crippen LogP contribution >= 0.6 is 0 Å². The molecule has 122 valence electrons. The van der Waals surface area contributed by atoms with Crippen molar-refractivity contribution in [1.82, 2.24) is 15.2 Å². The van der Waals surface area contributed by atoms with Gasteiger partial charge in [-0.15, -0.1) is 5.10 Å². The maximum Gasteiger partial charge on any atom is 0.245 e. The fraction of sp³-hybridized carbons (Fsp3) is 0.188. The SMILES string of the molecule is c1coc(CNc2nncc(Nc3ccc4c(c3)OCCO4)n2)c1. The van der Waals surface area contributed by atoms with Gasteiger partial charge in [0.05, 0.1) is 19.0 Å². The number of rotatable bonds is 5. The molecule has 1 aliphatic rings. The Morgan fingerprint density at radius 2 is 2.00 bits per heavy atom. The van der Waals surface area contributed by atoms with E-state index < -0.39 is 0 Å². The summed E-state index contributed by atoms with van der Waals surface area (Å²) in [5.74, 6) is 3.24. The average molecular weight is 325 g/mol. The Balaban J connectivity index is 1.45. The highest BCUT2D eigenvalue weighted by atomic mass is 16.6. The molecular formula is C16H15N5O3. The first-order valence-electron chi connectivity index (χ1n) is 7.49. The molecule has 2 aromatic heterocycles. The molecule has 1 aromatic carbocycles. The van der Waals surface area contributed by atoms with Crippen LogP contribution in [0.1, 0.15) is 5.76 Å². The Morgan fingerprint density at radius 1 is 1.08 bits per heavy atom. The second-order valence-electron chi connectivity index (χ2n) is 5.08. The molecule has 3 aromatic rings. The topological polar surface area (TPSA) is 94.3 Å². The Bertz CT molecular complexity index is 822. The molecule has 0 aliphatic carbocycles. The minimum atomic E-state index is 0.411. The first kappa shape index (κ1) is 14.3. The Kier molecular flexibility index (Phi) is 3.85. The van der Waals surface area contributed by atoms with Crippen molar-refractivity contribution in [2.75, 3.05) is 23.8 Å². The van der Waals surface area contributed by atoms with Crippen LogP contribution in [0.4, 0.5) is 17.5 Å². The number of hydrogen-bond acceptors (Lipinski definition) is 8. The predicted molar refractivity (Wildman–Crippen MR) is 86.6 cm³/mol. The van der Waals surface area contributed by atoms with Crippen LogP contribution in [0.2, 0.25) is 0 Å². The van der Waals surface area contributed by atoms with Crippen LogP contribution in [-0.4, -0.2) is 28.4 Å². The molecule has 1 aliphatic heterocycles. The normalized spacial score (nSPS) is 12.7. The summed E-state index contributed by atoms with van der Waals surface area (Å²) in [4.78, 5) is 4.37. The van der Waals surface area contributed by atoms with E-state index in [9.17, 15) is 0 Å². The van der Waals surface area contributed by atoms with E-state index in [4.69, 9.17) is 13.9 Å². The monoisotopic (exact) mass is 325 g/mol. The van der Waals surface area contributed by atoms with Gasteiger partial charge in [-0.1, -0.05) is 0 Å². The minimum absolute atomic E-state index is 0.411. The molecule has 3 heterocycles. The second kappa shape index (κ2) is 6.45. The van der Waals surface area contributed by atoms with E-state index in [1.807, 2.05) is 30.3 Å². The number of benzene rings is 1. The fourth-order valence-corrected chi connectivity index (χ4v) is 2.29. The van der Waals surface area contributed by atoms with E-state index in [0.29, 0.717) is 37.3 Å². The molecule has 0 fully saturated rings. The molecule has 8 heteroatoms. The smallest absolute Gasteiger partial charge is 0.245 e. The summed E-state index contributed by atoms with van der Waals surface area (Å²) >= 11 is 0. The quantitative estimate of drug-likeness (QED) is 0.739. The van der Waals surface area contributed by atoms with Crippen LogP contribution in [0.15, 0.2) is 47.2 Å². The third-order valence-electron chi connectivity index (χ3n) is 3.37. The number of hydrogen-bond donors (Lipinski definition) is 2. The van der Waals surface area contributed by atoms with Gasteiger partial charge in [-0.3, -0.25) is 0 Å². The summed E-state index contributed by atoms with van der Waals surface area (Å²) in [6.45, 7) is 1.61. The molecule has 0 saturated carbocycles. The molecule has 0 radical (unpaired) electrons. The van der Waals surface area contributed by atoms with E-state index >= 15 is 0 Å². The van der Waals surface area contributed by atoms with Crippen molar-refractivity contribution >= 4 is 17.5 Å². The van der Waals surface area contributed by atoms with Crippen LogP contribution in [0.3, 0.4) is 0 Å². The van der Waals surface area contributed by atoms with Crippen LogP contribution in [0, 0.1) is 0 Å². The van der Waals surface area contributed by atoms with Gasteiger partial charge in [0.25, 0.3) is 0 Å². The Morgan fingerprint density at radius 3 is 2.88 bits per heavy atom. The maximum atomic E-state index is 5.57. The molecule has 4 rings (SSSR count). The van der Waals surface area contributed by atoms with Gasteiger partial charge >= 0.3 is 0 Å². The second-order valence-corrected chi connectivity index (χ2v) is 5.08. The van der Waals surface area contributed by atoms with Gasteiger partial charge in [0.1, 0.15) is 19.0 Å². The lowest BCUT2D eigenvalue weighted by Gasteiger charge is -2.19. The zero-order valence-corrected chi connectivity index (χ0v) is 12.7. The van der Waals surface area contributed by atoms with Crippen molar-refractivity contribution in [2.24, 2.45) is 0 Å². The van der Waals surface area contributed by atoms with Crippen LogP contribution in [-0.2, 0) is 6.54 Å². The zero-order valence-electron chi connectivity index (χ0n) is 12.7. The Labute approximate surface area is 137 Å². The lowest BCUT2D eigenvalue weighted by atomic mass is 10.2. The maximum absolute atomic E-state index is 5.57. The van der Waals surface area contributed by atoms with E-state index in [1.54, 1.807) is 12.5 Å². The van der Waals surface area contributed by atoms with Gasteiger partial charge in [0, 0.05) is 11.8 Å². The highest BCUT2D eigenvalue weighted by Gasteiger charge is 2.12. The number of nitrogens with one attached hydrogen (secondary N) is 2. The summed E-state index contributed by atoms with van der Waals surface area (Å²) in [7, 11) is 0. The molecular weight excluding hydrogens is 310 g/mol. The molecule has 2 N–H and O–H groups in total. The molecule has 0 saturated heterocycles. The van der Waals surface area contributed by atoms with E-state index in [2.05, 4.69) is 25.8 Å². The summed E-state index contributed by atoms with van der Waals surface area (Å²) in [6, 6.07) is 9.33. The molecule has 0 unspecified atom stereocenters. The Hall–Kier alpha value is -3.29. The molecule has 0 spiro atoms. The third-order valence-corrected chi connectivity index (χ3v) is 3.37. The van der Waals surface area contributed by atoms with Gasteiger partial charge in [0.2, 0.25) is 5.95 Å². The highest BCUT2D eigenvalue weighted by molar-refractivity contribution is 5.61. The van der Waals surface area contributed by atoms with E-state index in [1.165, 1.54) is 0 Å². The predicted octanol–water partition coefficient (Wildman–Crippen LogP) is 2.59. The lowest BCUT2D eigenvalue weighted by molar-refractivity contribution is 0.171. The van der Waals surface area contributed by atoms with E-state index in [-0.39, 0.29) is 0 Å².